The molecule has 1 aliphatic rings. The normalized spacial score (nSPS) is 18.4. The summed E-state index contributed by atoms with van der Waals surface area (Å²) in [4.78, 5) is 13.5. The Hall–Kier alpha value is -1.40. The topological polar surface area (TPSA) is 59.0 Å². The van der Waals surface area contributed by atoms with E-state index in [1.54, 1.807) is 23.8 Å². The van der Waals surface area contributed by atoms with Crippen LogP contribution in [0.2, 0.25) is 0 Å². The van der Waals surface area contributed by atoms with E-state index in [-0.39, 0.29) is 17.9 Å². The smallest absolute Gasteiger partial charge is 0.233 e. The molecule has 1 fully saturated rings. The van der Waals surface area contributed by atoms with Crippen molar-refractivity contribution < 1.29 is 19.4 Å². The first-order valence-electron chi connectivity index (χ1n) is 6.54. The molecule has 1 aromatic rings. The second-order valence-electron chi connectivity index (χ2n) is 4.32. The van der Waals surface area contributed by atoms with Crippen LogP contribution in [-0.4, -0.2) is 48.5 Å². The fourth-order valence-corrected chi connectivity index (χ4v) is 3.40. The van der Waals surface area contributed by atoms with Crippen molar-refractivity contribution in [3.8, 4) is 11.5 Å². The summed E-state index contributed by atoms with van der Waals surface area (Å²) in [6.07, 6.45) is 0. The third kappa shape index (κ3) is 3.02. The number of carbonyl (C=O) groups excluding carboxylic acids is 1. The molecule has 5 nitrogen and oxygen atoms in total. The van der Waals surface area contributed by atoms with E-state index in [0.717, 1.165) is 5.56 Å². The number of amides is 1. The standard InChI is InChI=1S/C14H19NO4S/c1-3-19-12-8-10(4-5-11(12)18-2)14-15(6-7-16)13(17)9-20-14/h4-5,8,14,16H,3,6-7,9H2,1-2H3. The van der Waals surface area contributed by atoms with Gasteiger partial charge in [-0.25, -0.2) is 0 Å². The van der Waals surface area contributed by atoms with Crippen molar-refractivity contribution in [3.05, 3.63) is 23.8 Å². The highest BCUT2D eigenvalue weighted by Gasteiger charge is 2.32. The van der Waals surface area contributed by atoms with Crippen molar-refractivity contribution in [1.29, 1.82) is 0 Å². The van der Waals surface area contributed by atoms with Gasteiger partial charge in [-0.2, -0.15) is 0 Å². The van der Waals surface area contributed by atoms with Crippen LogP contribution in [0.5, 0.6) is 11.5 Å². The van der Waals surface area contributed by atoms with E-state index in [4.69, 9.17) is 14.6 Å². The maximum absolute atomic E-state index is 11.8. The highest BCUT2D eigenvalue weighted by atomic mass is 32.2. The number of β-amino-alcohol motifs (C(OH)–C–C–N with tert-alkyl or cyclic N) is 1. The number of thioether (sulfide) groups is 1. The Bertz CT molecular complexity index is 480. The number of rotatable bonds is 6. The van der Waals surface area contributed by atoms with E-state index in [2.05, 4.69) is 0 Å². The molecule has 0 aromatic heterocycles. The fraction of sp³-hybridized carbons (Fsp3) is 0.500. The Balaban J connectivity index is 2.27. The van der Waals surface area contributed by atoms with E-state index in [1.165, 1.54) is 0 Å². The van der Waals surface area contributed by atoms with Crippen LogP contribution in [0.3, 0.4) is 0 Å². The number of hydrogen-bond acceptors (Lipinski definition) is 5. The summed E-state index contributed by atoms with van der Waals surface area (Å²) in [6.45, 7) is 2.79. The van der Waals surface area contributed by atoms with Gasteiger partial charge in [0.05, 0.1) is 26.1 Å². The fourth-order valence-electron chi connectivity index (χ4n) is 2.19. The maximum Gasteiger partial charge on any atom is 0.233 e. The third-order valence-electron chi connectivity index (χ3n) is 3.08. The highest BCUT2D eigenvalue weighted by molar-refractivity contribution is 8.00. The van der Waals surface area contributed by atoms with Crippen molar-refractivity contribution in [2.75, 3.05) is 32.6 Å². The molecule has 0 radical (unpaired) electrons. The van der Waals surface area contributed by atoms with Crippen molar-refractivity contribution in [2.24, 2.45) is 0 Å². The number of nitrogens with zero attached hydrogens (tertiary/aromatic N) is 1. The van der Waals surface area contributed by atoms with Crippen LogP contribution >= 0.6 is 11.8 Å². The van der Waals surface area contributed by atoms with Gasteiger partial charge in [0, 0.05) is 6.54 Å². The lowest BCUT2D eigenvalue weighted by atomic mass is 10.2. The van der Waals surface area contributed by atoms with Crippen molar-refractivity contribution >= 4 is 17.7 Å². The van der Waals surface area contributed by atoms with Gasteiger partial charge >= 0.3 is 0 Å². The van der Waals surface area contributed by atoms with Crippen LogP contribution in [0.1, 0.15) is 17.9 Å². The zero-order chi connectivity index (χ0) is 14.5. The van der Waals surface area contributed by atoms with Gasteiger partial charge in [-0.1, -0.05) is 6.07 Å². The molecule has 1 amide bonds. The summed E-state index contributed by atoms with van der Waals surface area (Å²) >= 11 is 1.56. The van der Waals surface area contributed by atoms with Gasteiger partial charge in [0.2, 0.25) is 5.91 Å². The van der Waals surface area contributed by atoms with Crippen molar-refractivity contribution in [3.63, 3.8) is 0 Å². The Labute approximate surface area is 122 Å². The van der Waals surface area contributed by atoms with Gasteiger partial charge in [0.25, 0.3) is 0 Å². The van der Waals surface area contributed by atoms with Gasteiger partial charge in [-0.15, -0.1) is 11.8 Å². The summed E-state index contributed by atoms with van der Waals surface area (Å²) < 4.78 is 10.8. The Kier molecular flexibility index (Phi) is 5.14. The molecular formula is C14H19NO4S. The van der Waals surface area contributed by atoms with Gasteiger partial charge in [-0.3, -0.25) is 4.79 Å². The zero-order valence-corrected chi connectivity index (χ0v) is 12.5. The summed E-state index contributed by atoms with van der Waals surface area (Å²) in [6, 6.07) is 5.69. The lowest BCUT2D eigenvalue weighted by molar-refractivity contribution is -0.128. The van der Waals surface area contributed by atoms with Crippen LogP contribution in [0.4, 0.5) is 0 Å². The molecule has 0 spiro atoms. The Morgan fingerprint density at radius 1 is 1.45 bits per heavy atom. The van der Waals surface area contributed by atoms with Crippen molar-refractivity contribution in [2.45, 2.75) is 12.3 Å². The van der Waals surface area contributed by atoms with E-state index >= 15 is 0 Å². The molecular weight excluding hydrogens is 278 g/mol. The summed E-state index contributed by atoms with van der Waals surface area (Å²) in [7, 11) is 1.60. The molecule has 1 N–H and O–H groups in total. The van der Waals surface area contributed by atoms with Crippen LogP contribution in [0, 0.1) is 0 Å². The summed E-state index contributed by atoms with van der Waals surface area (Å²) in [5.41, 5.74) is 0.985. The van der Waals surface area contributed by atoms with E-state index in [9.17, 15) is 4.79 Å². The largest absolute Gasteiger partial charge is 0.493 e. The van der Waals surface area contributed by atoms with Gasteiger partial charge < -0.3 is 19.5 Å². The molecule has 6 heteroatoms. The molecule has 1 saturated heterocycles. The number of ether oxygens (including phenoxy) is 2. The predicted octanol–water partition coefficient (Wildman–Crippen LogP) is 1.66. The maximum atomic E-state index is 11.8. The summed E-state index contributed by atoms with van der Waals surface area (Å²) in [5.74, 6) is 1.86. The first-order chi connectivity index (χ1) is 9.71. The number of carbonyl (C=O) groups is 1. The highest BCUT2D eigenvalue weighted by Crippen LogP contribution is 2.41. The third-order valence-corrected chi connectivity index (χ3v) is 4.34. The molecule has 110 valence electrons. The Morgan fingerprint density at radius 2 is 2.25 bits per heavy atom. The van der Waals surface area contributed by atoms with Crippen LogP contribution in [0.25, 0.3) is 0 Å². The average molecular weight is 297 g/mol. The number of aliphatic hydroxyl groups is 1. The van der Waals surface area contributed by atoms with Gasteiger partial charge in [0.15, 0.2) is 11.5 Å². The van der Waals surface area contributed by atoms with Crippen LogP contribution in [0.15, 0.2) is 18.2 Å². The van der Waals surface area contributed by atoms with Gasteiger partial charge in [0.1, 0.15) is 5.37 Å². The molecule has 1 atom stereocenters. The van der Waals surface area contributed by atoms with Crippen LogP contribution < -0.4 is 9.47 Å². The summed E-state index contributed by atoms with van der Waals surface area (Å²) in [5, 5.41) is 9.01. The number of methoxy groups -OCH3 is 1. The lowest BCUT2D eigenvalue weighted by Crippen LogP contribution is -2.30. The minimum Gasteiger partial charge on any atom is -0.493 e. The predicted molar refractivity (Wildman–Crippen MR) is 78.2 cm³/mol. The molecule has 0 bridgehead atoms. The second kappa shape index (κ2) is 6.85. The minimum absolute atomic E-state index is 0.0305. The number of hydrogen-bond donors (Lipinski definition) is 1. The molecule has 1 unspecified atom stereocenters. The first kappa shape index (κ1) is 15.0. The van der Waals surface area contributed by atoms with E-state index in [1.807, 2.05) is 25.1 Å². The zero-order valence-electron chi connectivity index (χ0n) is 11.7. The molecule has 0 aliphatic carbocycles. The SMILES string of the molecule is CCOc1cc(C2SCC(=O)N2CCO)ccc1OC. The molecule has 1 aromatic carbocycles. The molecule has 1 aliphatic heterocycles. The van der Waals surface area contributed by atoms with E-state index in [0.29, 0.717) is 30.4 Å². The number of aliphatic hydroxyl groups excluding tert-OH is 1. The number of benzene rings is 1. The monoisotopic (exact) mass is 297 g/mol. The first-order valence-corrected chi connectivity index (χ1v) is 7.58. The van der Waals surface area contributed by atoms with E-state index < -0.39 is 0 Å². The lowest BCUT2D eigenvalue weighted by Gasteiger charge is -2.24. The molecule has 20 heavy (non-hydrogen) atoms. The van der Waals surface area contributed by atoms with Gasteiger partial charge in [-0.05, 0) is 24.6 Å². The quantitative estimate of drug-likeness (QED) is 0.865. The van der Waals surface area contributed by atoms with Crippen LogP contribution in [-0.2, 0) is 4.79 Å². The molecule has 2 rings (SSSR count). The average Bonchev–Trinajstić information content (AvgIpc) is 2.81. The molecule has 0 saturated carbocycles. The second-order valence-corrected chi connectivity index (χ2v) is 5.39. The minimum atomic E-state index is -0.0697. The Morgan fingerprint density at radius 3 is 2.90 bits per heavy atom. The molecule has 1 heterocycles. The van der Waals surface area contributed by atoms with Crippen molar-refractivity contribution in [1.82, 2.24) is 4.90 Å².